The Bertz CT molecular complexity index is 1110. The lowest BCUT2D eigenvalue weighted by Gasteiger charge is -2.07. The molecule has 7 heteroatoms. The second kappa shape index (κ2) is 18.4. The van der Waals surface area contributed by atoms with Crippen LogP contribution >= 0.6 is 11.6 Å². The highest BCUT2D eigenvalue weighted by molar-refractivity contribution is 6.30. The van der Waals surface area contributed by atoms with Crippen LogP contribution in [0.1, 0.15) is 103 Å². The van der Waals surface area contributed by atoms with Crippen LogP contribution in [0.15, 0.2) is 52.9 Å². The largest absolute Gasteiger partial charge is 0.494 e. The summed E-state index contributed by atoms with van der Waals surface area (Å²) in [6, 6.07) is 14.2. The van der Waals surface area contributed by atoms with E-state index in [2.05, 4.69) is 11.9 Å². The topological polar surface area (TPSA) is 81.8 Å². The van der Waals surface area contributed by atoms with Crippen LogP contribution in [-0.4, -0.2) is 22.7 Å². The first kappa shape index (κ1) is 31.5. The molecule has 0 bridgehead atoms. The average Bonchev–Trinajstić information content (AvgIpc) is 3.33. The maximum atomic E-state index is 11.3. The molecule has 1 aromatic heterocycles. The zero-order chi connectivity index (χ0) is 28.4. The molecule has 0 atom stereocenters. The van der Waals surface area contributed by atoms with E-state index in [1.807, 2.05) is 24.3 Å². The highest BCUT2D eigenvalue weighted by Crippen LogP contribution is 2.32. The SMILES string of the molecule is CCCCCCCCCCCCCCCCOc1ccc(-c2nc(CC(=O)O)c(Oc3ccc(Cl)cc3)o2)cc1. The van der Waals surface area contributed by atoms with Crippen LogP contribution in [0.3, 0.4) is 0 Å². The molecule has 40 heavy (non-hydrogen) atoms. The van der Waals surface area contributed by atoms with E-state index in [9.17, 15) is 9.90 Å². The summed E-state index contributed by atoms with van der Waals surface area (Å²) in [5.41, 5.74) is 0.928. The highest BCUT2D eigenvalue weighted by atomic mass is 35.5. The van der Waals surface area contributed by atoms with Crippen LogP contribution in [0.5, 0.6) is 17.4 Å². The summed E-state index contributed by atoms with van der Waals surface area (Å²) in [5, 5.41) is 9.84. The number of aromatic nitrogens is 1. The van der Waals surface area contributed by atoms with Gasteiger partial charge in [-0.2, -0.15) is 0 Å². The molecule has 0 aliphatic heterocycles. The van der Waals surface area contributed by atoms with Gasteiger partial charge in [-0.3, -0.25) is 4.79 Å². The first-order valence-corrected chi connectivity index (χ1v) is 15.3. The number of oxazole rings is 1. The summed E-state index contributed by atoms with van der Waals surface area (Å²) in [4.78, 5) is 15.7. The lowest BCUT2D eigenvalue weighted by Crippen LogP contribution is -2.01. The standard InChI is InChI=1S/C33H44ClNO5/c1-2-3-4-5-6-7-8-9-10-11-12-13-14-15-24-38-28-20-16-26(17-21-28)32-35-30(25-31(36)37)33(40-32)39-29-22-18-27(34)19-23-29/h16-23H,2-15,24-25H2,1H3,(H,36,37). The van der Waals surface area contributed by atoms with Crippen molar-refractivity contribution in [3.63, 3.8) is 0 Å². The van der Waals surface area contributed by atoms with Crippen molar-refractivity contribution >= 4 is 17.6 Å². The van der Waals surface area contributed by atoms with Crippen molar-refractivity contribution < 1.29 is 23.8 Å². The molecule has 0 spiro atoms. The Labute approximate surface area is 244 Å². The summed E-state index contributed by atoms with van der Waals surface area (Å²) in [7, 11) is 0. The van der Waals surface area contributed by atoms with Crippen LogP contribution in [0.4, 0.5) is 0 Å². The smallest absolute Gasteiger partial charge is 0.315 e. The Morgan fingerprint density at radius 2 is 1.30 bits per heavy atom. The molecule has 0 saturated carbocycles. The Morgan fingerprint density at radius 3 is 1.85 bits per heavy atom. The van der Waals surface area contributed by atoms with E-state index in [0.29, 0.717) is 28.8 Å². The Morgan fingerprint density at radius 1 is 0.775 bits per heavy atom. The van der Waals surface area contributed by atoms with Crippen molar-refractivity contribution in [3.05, 3.63) is 59.2 Å². The van der Waals surface area contributed by atoms with Crippen molar-refractivity contribution in [2.45, 2.75) is 103 Å². The number of unbranched alkanes of at least 4 members (excludes halogenated alkanes) is 13. The quantitative estimate of drug-likeness (QED) is 0.128. The number of benzene rings is 2. The number of carboxylic acid groups (broad SMARTS) is 1. The highest BCUT2D eigenvalue weighted by Gasteiger charge is 2.19. The van der Waals surface area contributed by atoms with Gasteiger partial charge in [0.15, 0.2) is 0 Å². The van der Waals surface area contributed by atoms with Crippen molar-refractivity contribution in [3.8, 4) is 28.9 Å². The maximum Gasteiger partial charge on any atom is 0.315 e. The summed E-state index contributed by atoms with van der Waals surface area (Å²) in [6.45, 7) is 2.96. The molecule has 2 aromatic carbocycles. The molecular formula is C33H44ClNO5. The maximum absolute atomic E-state index is 11.3. The molecule has 0 saturated heterocycles. The fraction of sp³-hybridized carbons (Fsp3) is 0.515. The van der Waals surface area contributed by atoms with Gasteiger partial charge in [-0.15, -0.1) is 0 Å². The third kappa shape index (κ3) is 12.0. The lowest BCUT2D eigenvalue weighted by atomic mass is 10.0. The van der Waals surface area contributed by atoms with Gasteiger partial charge in [0.1, 0.15) is 17.2 Å². The molecule has 3 rings (SSSR count). The van der Waals surface area contributed by atoms with E-state index < -0.39 is 5.97 Å². The molecule has 0 aliphatic carbocycles. The van der Waals surface area contributed by atoms with Crippen molar-refractivity contribution in [2.24, 2.45) is 0 Å². The number of rotatable bonds is 21. The minimum Gasteiger partial charge on any atom is -0.494 e. The summed E-state index contributed by atoms with van der Waals surface area (Å²) >= 11 is 5.93. The second-order valence-corrected chi connectivity index (χ2v) is 10.8. The first-order chi connectivity index (χ1) is 19.5. The van der Waals surface area contributed by atoms with E-state index in [1.165, 1.54) is 83.5 Å². The molecule has 0 fully saturated rings. The van der Waals surface area contributed by atoms with Gasteiger partial charge in [0.25, 0.3) is 0 Å². The molecule has 0 unspecified atom stereocenters. The van der Waals surface area contributed by atoms with E-state index >= 15 is 0 Å². The van der Waals surface area contributed by atoms with Crippen LogP contribution < -0.4 is 9.47 Å². The minimum atomic E-state index is -1.02. The van der Waals surface area contributed by atoms with Crippen LogP contribution in [0.25, 0.3) is 11.5 Å². The Balaban J connectivity index is 1.33. The molecule has 6 nitrogen and oxygen atoms in total. The van der Waals surface area contributed by atoms with Crippen molar-refractivity contribution in [2.75, 3.05) is 6.61 Å². The lowest BCUT2D eigenvalue weighted by molar-refractivity contribution is -0.136. The van der Waals surface area contributed by atoms with E-state index in [0.717, 1.165) is 12.2 Å². The van der Waals surface area contributed by atoms with Gasteiger partial charge < -0.3 is 19.0 Å². The number of carbonyl (C=O) groups is 1. The molecule has 0 radical (unpaired) electrons. The number of ether oxygens (including phenoxy) is 2. The molecule has 1 heterocycles. The van der Waals surface area contributed by atoms with Crippen molar-refractivity contribution in [1.29, 1.82) is 0 Å². The number of halogens is 1. The van der Waals surface area contributed by atoms with E-state index in [4.69, 9.17) is 25.5 Å². The third-order valence-electron chi connectivity index (χ3n) is 6.87. The Kier molecular flexibility index (Phi) is 14.5. The second-order valence-electron chi connectivity index (χ2n) is 10.3. The molecule has 218 valence electrons. The van der Waals surface area contributed by atoms with Crippen LogP contribution in [0.2, 0.25) is 5.02 Å². The summed E-state index contributed by atoms with van der Waals surface area (Å²) in [5.74, 6) is 0.587. The van der Waals surface area contributed by atoms with Gasteiger partial charge in [-0.05, 0) is 55.0 Å². The minimum absolute atomic E-state index is 0.0536. The zero-order valence-electron chi connectivity index (χ0n) is 23.8. The van der Waals surface area contributed by atoms with Gasteiger partial charge in [-0.1, -0.05) is 102 Å². The monoisotopic (exact) mass is 569 g/mol. The van der Waals surface area contributed by atoms with Gasteiger partial charge in [0.05, 0.1) is 13.0 Å². The number of hydrogen-bond donors (Lipinski definition) is 1. The molecule has 3 aromatic rings. The molecular weight excluding hydrogens is 526 g/mol. The molecule has 0 amide bonds. The number of carboxylic acids is 1. The van der Waals surface area contributed by atoms with Gasteiger partial charge in [0.2, 0.25) is 5.89 Å². The first-order valence-electron chi connectivity index (χ1n) is 14.9. The molecule has 0 aliphatic rings. The third-order valence-corrected chi connectivity index (χ3v) is 7.12. The zero-order valence-corrected chi connectivity index (χ0v) is 24.6. The Hall–Kier alpha value is -2.99. The van der Waals surface area contributed by atoms with Crippen LogP contribution in [-0.2, 0) is 11.2 Å². The van der Waals surface area contributed by atoms with Gasteiger partial charge >= 0.3 is 11.9 Å². The summed E-state index contributed by atoms with van der Waals surface area (Å²) < 4.78 is 17.5. The van der Waals surface area contributed by atoms with Crippen LogP contribution in [0, 0.1) is 0 Å². The molecule has 1 N–H and O–H groups in total. The fourth-order valence-corrected chi connectivity index (χ4v) is 4.71. The normalized spacial score (nSPS) is 11.1. The number of aliphatic carboxylic acids is 1. The van der Waals surface area contributed by atoms with Crippen molar-refractivity contribution in [1.82, 2.24) is 4.98 Å². The van der Waals surface area contributed by atoms with E-state index in [-0.39, 0.29) is 18.1 Å². The number of hydrogen-bond acceptors (Lipinski definition) is 5. The summed E-state index contributed by atoms with van der Waals surface area (Å²) in [6.07, 6.45) is 18.4. The number of nitrogens with zero attached hydrogens (tertiary/aromatic N) is 1. The fourth-order valence-electron chi connectivity index (χ4n) is 4.59. The van der Waals surface area contributed by atoms with E-state index in [1.54, 1.807) is 24.3 Å². The predicted molar refractivity (Wildman–Crippen MR) is 161 cm³/mol. The van der Waals surface area contributed by atoms with Gasteiger partial charge in [0, 0.05) is 10.6 Å². The van der Waals surface area contributed by atoms with Gasteiger partial charge in [-0.25, -0.2) is 4.98 Å². The average molecular weight is 570 g/mol. The predicted octanol–water partition coefficient (Wildman–Crippen LogP) is 10.3.